The molecule has 0 N–H and O–H groups in total. The van der Waals surface area contributed by atoms with E-state index in [1.165, 1.54) is 16.7 Å². The summed E-state index contributed by atoms with van der Waals surface area (Å²) >= 11 is 0. The highest BCUT2D eigenvalue weighted by molar-refractivity contribution is 5.32. The Hall–Kier alpha value is -2.11. The summed E-state index contributed by atoms with van der Waals surface area (Å²) in [6.45, 7) is 13.2. The average molecular weight is 398 g/mol. The van der Waals surface area contributed by atoms with Gasteiger partial charge < -0.3 is 9.47 Å². The van der Waals surface area contributed by atoms with Crippen LogP contribution in [-0.2, 0) is 13.0 Å². The Kier molecular flexibility index (Phi) is 6.81. The number of methoxy groups -OCH3 is 2. The Balaban J connectivity index is 1.87. The van der Waals surface area contributed by atoms with Gasteiger partial charge in [0.1, 0.15) is 0 Å². The third kappa shape index (κ3) is 5.09. The number of aromatic nitrogens is 1. The molecule has 1 aliphatic heterocycles. The van der Waals surface area contributed by atoms with E-state index in [2.05, 4.69) is 66.7 Å². The fraction of sp³-hybridized carbons (Fsp3) is 0.542. The normalized spacial score (nSPS) is 18.6. The zero-order chi connectivity index (χ0) is 21.0. The molecule has 0 saturated carbocycles. The molecule has 0 aliphatic carbocycles. The zero-order valence-electron chi connectivity index (χ0n) is 18.7. The molecule has 1 saturated heterocycles. The number of aryl methyl sites for hydroxylation is 1. The zero-order valence-corrected chi connectivity index (χ0v) is 18.7. The Morgan fingerprint density at radius 2 is 1.69 bits per heavy atom. The molecule has 29 heavy (non-hydrogen) atoms. The number of hydrogen-bond acceptors (Lipinski definition) is 5. The second kappa shape index (κ2) is 9.14. The first-order valence-corrected chi connectivity index (χ1v) is 10.5. The lowest BCUT2D eigenvalue weighted by atomic mass is 9.91. The summed E-state index contributed by atoms with van der Waals surface area (Å²) in [6, 6.07) is 13.3. The maximum Gasteiger partial charge on any atom is 0.216 e. The van der Waals surface area contributed by atoms with Gasteiger partial charge in [-0.3, -0.25) is 9.80 Å². The summed E-state index contributed by atoms with van der Waals surface area (Å²) in [6.07, 6.45) is 1.06. The molecular formula is C24H35N3O2. The molecule has 1 aromatic carbocycles. The smallest absolute Gasteiger partial charge is 0.216 e. The maximum absolute atomic E-state index is 5.35. The first kappa shape index (κ1) is 21.6. The first-order valence-electron chi connectivity index (χ1n) is 10.5. The van der Waals surface area contributed by atoms with Crippen LogP contribution in [0.4, 0.5) is 0 Å². The maximum atomic E-state index is 5.35. The molecule has 0 spiro atoms. The molecule has 2 heterocycles. The number of pyridine rings is 1. The van der Waals surface area contributed by atoms with E-state index in [0.717, 1.165) is 32.6 Å². The van der Waals surface area contributed by atoms with Crippen LogP contribution in [0.2, 0.25) is 0 Å². The number of nitrogens with zero attached hydrogens (tertiary/aromatic N) is 3. The Morgan fingerprint density at radius 3 is 2.28 bits per heavy atom. The van der Waals surface area contributed by atoms with Crippen molar-refractivity contribution in [3.63, 3.8) is 0 Å². The molecule has 5 nitrogen and oxygen atoms in total. The van der Waals surface area contributed by atoms with Crippen LogP contribution < -0.4 is 9.47 Å². The fourth-order valence-electron chi connectivity index (χ4n) is 4.32. The predicted octanol–water partition coefficient (Wildman–Crippen LogP) is 4.32. The molecule has 1 aliphatic rings. The number of rotatable bonds is 6. The van der Waals surface area contributed by atoms with Crippen LogP contribution in [0.1, 0.15) is 50.4 Å². The van der Waals surface area contributed by atoms with Crippen molar-refractivity contribution in [3.05, 3.63) is 53.1 Å². The van der Waals surface area contributed by atoms with Crippen molar-refractivity contribution in [3.8, 4) is 11.8 Å². The van der Waals surface area contributed by atoms with E-state index in [1.54, 1.807) is 14.2 Å². The summed E-state index contributed by atoms with van der Waals surface area (Å²) in [7, 11) is 3.29. The highest BCUT2D eigenvalue weighted by Gasteiger charge is 2.35. The van der Waals surface area contributed by atoms with E-state index in [9.17, 15) is 0 Å². The summed E-state index contributed by atoms with van der Waals surface area (Å²) in [5.41, 5.74) is 4.20. The molecule has 1 atom stereocenters. The van der Waals surface area contributed by atoms with E-state index in [0.29, 0.717) is 17.8 Å². The van der Waals surface area contributed by atoms with Crippen LogP contribution in [0.15, 0.2) is 36.4 Å². The Morgan fingerprint density at radius 1 is 1.03 bits per heavy atom. The van der Waals surface area contributed by atoms with Crippen LogP contribution in [-0.4, -0.2) is 54.2 Å². The van der Waals surface area contributed by atoms with Gasteiger partial charge in [-0.15, -0.1) is 0 Å². The van der Waals surface area contributed by atoms with Gasteiger partial charge in [-0.25, -0.2) is 0 Å². The largest absolute Gasteiger partial charge is 0.481 e. The molecule has 5 heteroatoms. The number of benzene rings is 1. The van der Waals surface area contributed by atoms with E-state index in [-0.39, 0.29) is 5.54 Å². The molecule has 1 unspecified atom stereocenters. The number of ether oxygens (including phenoxy) is 2. The van der Waals surface area contributed by atoms with Crippen molar-refractivity contribution in [2.45, 2.75) is 52.2 Å². The standard InChI is InChI=1S/C24H35N3O2/c1-7-19-10-8-9-11-20(19)21-17-26(12-13-27(21)24(2,3)4)16-18-14-22(28-5)25-23(15-18)29-6/h8-11,14-15,21H,7,12-13,16-17H2,1-6H3. The lowest BCUT2D eigenvalue weighted by Gasteiger charge is -2.48. The molecule has 2 aromatic rings. The van der Waals surface area contributed by atoms with E-state index < -0.39 is 0 Å². The van der Waals surface area contributed by atoms with Gasteiger partial charge in [0.25, 0.3) is 0 Å². The van der Waals surface area contributed by atoms with Crippen LogP contribution in [0, 0.1) is 0 Å². The molecule has 1 aromatic heterocycles. The second-order valence-electron chi connectivity index (χ2n) is 8.73. The van der Waals surface area contributed by atoms with Gasteiger partial charge in [-0.2, -0.15) is 4.98 Å². The van der Waals surface area contributed by atoms with Crippen LogP contribution in [0.25, 0.3) is 0 Å². The molecule has 3 rings (SSSR count). The summed E-state index contributed by atoms with van der Waals surface area (Å²) in [5, 5.41) is 0. The quantitative estimate of drug-likeness (QED) is 0.726. The average Bonchev–Trinajstić information content (AvgIpc) is 2.72. The molecule has 0 radical (unpaired) electrons. The summed E-state index contributed by atoms with van der Waals surface area (Å²) in [5.74, 6) is 1.20. The highest BCUT2D eigenvalue weighted by Crippen LogP contribution is 2.34. The van der Waals surface area contributed by atoms with Gasteiger partial charge in [0.05, 0.1) is 14.2 Å². The van der Waals surface area contributed by atoms with Gasteiger partial charge in [-0.05, 0) is 43.9 Å². The van der Waals surface area contributed by atoms with Crippen LogP contribution >= 0.6 is 0 Å². The minimum atomic E-state index is 0.126. The molecule has 1 fully saturated rings. The monoisotopic (exact) mass is 397 g/mol. The van der Waals surface area contributed by atoms with Crippen molar-refractivity contribution < 1.29 is 9.47 Å². The van der Waals surface area contributed by atoms with Crippen molar-refractivity contribution in [2.75, 3.05) is 33.9 Å². The Bertz CT molecular complexity index is 794. The van der Waals surface area contributed by atoms with Crippen LogP contribution in [0.5, 0.6) is 11.8 Å². The van der Waals surface area contributed by atoms with Gasteiger partial charge in [-0.1, -0.05) is 31.2 Å². The third-order valence-electron chi connectivity index (χ3n) is 5.78. The number of hydrogen-bond donors (Lipinski definition) is 0. The van der Waals surface area contributed by atoms with Crippen molar-refractivity contribution >= 4 is 0 Å². The van der Waals surface area contributed by atoms with E-state index >= 15 is 0 Å². The van der Waals surface area contributed by atoms with E-state index in [1.807, 2.05) is 12.1 Å². The van der Waals surface area contributed by atoms with Gasteiger partial charge in [0.2, 0.25) is 11.8 Å². The minimum absolute atomic E-state index is 0.126. The SMILES string of the molecule is CCc1ccccc1C1CN(Cc2cc(OC)nc(OC)c2)CCN1C(C)(C)C. The minimum Gasteiger partial charge on any atom is -0.481 e. The summed E-state index contributed by atoms with van der Waals surface area (Å²) < 4.78 is 10.7. The third-order valence-corrected chi connectivity index (χ3v) is 5.78. The van der Waals surface area contributed by atoms with Gasteiger partial charge in [0.15, 0.2) is 0 Å². The fourth-order valence-corrected chi connectivity index (χ4v) is 4.32. The molecule has 0 amide bonds. The first-order chi connectivity index (χ1) is 13.9. The second-order valence-corrected chi connectivity index (χ2v) is 8.73. The Labute approximate surface area is 175 Å². The van der Waals surface area contributed by atoms with Gasteiger partial charge in [0, 0.05) is 49.9 Å². The molecule has 0 bridgehead atoms. The van der Waals surface area contributed by atoms with Crippen molar-refractivity contribution in [1.29, 1.82) is 0 Å². The predicted molar refractivity (Wildman–Crippen MR) is 118 cm³/mol. The van der Waals surface area contributed by atoms with Crippen molar-refractivity contribution in [1.82, 2.24) is 14.8 Å². The lowest BCUT2D eigenvalue weighted by molar-refractivity contribution is 0.00561. The summed E-state index contributed by atoms with van der Waals surface area (Å²) in [4.78, 5) is 9.52. The lowest BCUT2D eigenvalue weighted by Crippen LogP contribution is -2.54. The van der Waals surface area contributed by atoms with Gasteiger partial charge >= 0.3 is 0 Å². The number of piperazine rings is 1. The van der Waals surface area contributed by atoms with E-state index in [4.69, 9.17) is 9.47 Å². The molecule has 158 valence electrons. The molecular weight excluding hydrogens is 362 g/mol. The topological polar surface area (TPSA) is 37.8 Å². The van der Waals surface area contributed by atoms with Crippen LogP contribution in [0.3, 0.4) is 0 Å². The van der Waals surface area contributed by atoms with Crippen molar-refractivity contribution in [2.24, 2.45) is 0 Å². The highest BCUT2D eigenvalue weighted by atomic mass is 16.5.